The Morgan fingerprint density at radius 1 is 1.00 bits per heavy atom. The molecule has 1 aromatic heterocycles. The van der Waals surface area contributed by atoms with Crippen LogP contribution in [0.15, 0.2) is 52.4 Å². The summed E-state index contributed by atoms with van der Waals surface area (Å²) in [6, 6.07) is 12.2. The molecular weight excluding hydrogens is 230 g/mol. The predicted octanol–water partition coefficient (Wildman–Crippen LogP) is 2.88. The molecule has 2 N–H and O–H groups in total. The van der Waals surface area contributed by atoms with E-state index in [9.17, 15) is 0 Å². The number of hydrogen-bond acceptors (Lipinski definition) is 4. The van der Waals surface area contributed by atoms with Gasteiger partial charge < -0.3 is 10.6 Å². The minimum atomic E-state index is 0.553. The van der Waals surface area contributed by atoms with Crippen LogP contribution in [0.4, 0.5) is 11.5 Å². The maximum absolute atomic E-state index is 5.55. The lowest BCUT2D eigenvalue weighted by Crippen LogP contribution is -2.07. The van der Waals surface area contributed by atoms with Gasteiger partial charge in [-0.05, 0) is 36.4 Å². The Bertz CT molecular complexity index is 477. The molecule has 0 saturated carbocycles. The number of nitrogen functional groups attached to an aromatic ring is 1. The molecule has 0 aliphatic rings. The first kappa shape index (κ1) is 11.8. The summed E-state index contributed by atoms with van der Waals surface area (Å²) in [5, 5.41) is 0. The molecule has 0 unspecified atom stereocenters. The van der Waals surface area contributed by atoms with Gasteiger partial charge in [-0.15, -0.1) is 0 Å². The smallest absolute Gasteiger partial charge is 0.123 e. The van der Waals surface area contributed by atoms with Crippen molar-refractivity contribution >= 4 is 23.3 Å². The monoisotopic (exact) mass is 245 g/mol. The van der Waals surface area contributed by atoms with Gasteiger partial charge in [0.25, 0.3) is 0 Å². The van der Waals surface area contributed by atoms with Crippen molar-refractivity contribution < 1.29 is 0 Å². The van der Waals surface area contributed by atoms with E-state index in [1.54, 1.807) is 18.0 Å². The first-order valence-corrected chi connectivity index (χ1v) is 6.13. The molecule has 88 valence electrons. The van der Waals surface area contributed by atoms with Crippen LogP contribution in [0.25, 0.3) is 0 Å². The van der Waals surface area contributed by atoms with Crippen LogP contribution in [0, 0.1) is 0 Å². The molecule has 2 aromatic rings. The van der Waals surface area contributed by atoms with Gasteiger partial charge in [0, 0.05) is 35.8 Å². The number of rotatable bonds is 3. The molecule has 0 amide bonds. The van der Waals surface area contributed by atoms with Crippen molar-refractivity contribution in [3.8, 4) is 0 Å². The lowest BCUT2D eigenvalue weighted by atomic mass is 10.3. The molecule has 0 spiro atoms. The van der Waals surface area contributed by atoms with Gasteiger partial charge in [0.05, 0.1) is 0 Å². The second-order valence-electron chi connectivity index (χ2n) is 3.91. The van der Waals surface area contributed by atoms with E-state index in [1.165, 1.54) is 10.6 Å². The average Bonchev–Trinajstić information content (AvgIpc) is 2.33. The second kappa shape index (κ2) is 5.10. The van der Waals surface area contributed by atoms with Crippen molar-refractivity contribution in [3.05, 3.63) is 42.6 Å². The summed E-state index contributed by atoms with van der Waals surface area (Å²) < 4.78 is 0. The topological polar surface area (TPSA) is 42.1 Å². The number of nitrogens with zero attached hydrogens (tertiary/aromatic N) is 2. The van der Waals surface area contributed by atoms with Crippen molar-refractivity contribution in [2.75, 3.05) is 24.7 Å². The molecule has 1 aromatic carbocycles. The minimum Gasteiger partial charge on any atom is -0.384 e. The molecule has 0 saturated heterocycles. The summed E-state index contributed by atoms with van der Waals surface area (Å²) in [4.78, 5) is 8.44. The Morgan fingerprint density at radius 2 is 1.65 bits per heavy atom. The highest BCUT2D eigenvalue weighted by Crippen LogP contribution is 2.28. The minimum absolute atomic E-state index is 0.553. The fourth-order valence-electron chi connectivity index (χ4n) is 1.40. The van der Waals surface area contributed by atoms with Gasteiger partial charge in [-0.2, -0.15) is 0 Å². The zero-order valence-corrected chi connectivity index (χ0v) is 10.7. The summed E-state index contributed by atoms with van der Waals surface area (Å²) in [6.07, 6.45) is 1.79. The highest BCUT2D eigenvalue weighted by Gasteiger charge is 1.99. The van der Waals surface area contributed by atoms with Crippen LogP contribution < -0.4 is 10.6 Å². The second-order valence-corrected chi connectivity index (χ2v) is 5.06. The SMILES string of the molecule is CN(C)c1ccc(Sc2ccc(N)nc2)cc1. The van der Waals surface area contributed by atoms with Crippen LogP contribution in [-0.4, -0.2) is 19.1 Å². The number of aromatic nitrogens is 1. The third-order valence-corrected chi connectivity index (χ3v) is 3.33. The molecule has 0 aliphatic heterocycles. The number of pyridine rings is 1. The van der Waals surface area contributed by atoms with Crippen LogP contribution in [0.2, 0.25) is 0 Å². The molecule has 1 heterocycles. The van der Waals surface area contributed by atoms with Gasteiger partial charge in [0.15, 0.2) is 0 Å². The molecule has 4 heteroatoms. The molecule has 2 rings (SSSR count). The Labute approximate surface area is 106 Å². The van der Waals surface area contributed by atoms with Gasteiger partial charge in [-0.25, -0.2) is 4.98 Å². The fourth-order valence-corrected chi connectivity index (χ4v) is 2.19. The van der Waals surface area contributed by atoms with E-state index in [0.29, 0.717) is 5.82 Å². The quantitative estimate of drug-likeness (QED) is 0.903. The van der Waals surface area contributed by atoms with E-state index < -0.39 is 0 Å². The Hall–Kier alpha value is -1.68. The van der Waals surface area contributed by atoms with Crippen LogP contribution >= 0.6 is 11.8 Å². The normalized spacial score (nSPS) is 10.2. The predicted molar refractivity (Wildman–Crippen MR) is 73.5 cm³/mol. The van der Waals surface area contributed by atoms with Crippen molar-refractivity contribution in [3.63, 3.8) is 0 Å². The Kier molecular flexibility index (Phi) is 3.54. The zero-order chi connectivity index (χ0) is 12.3. The first-order valence-electron chi connectivity index (χ1n) is 5.32. The van der Waals surface area contributed by atoms with Crippen LogP contribution in [0.3, 0.4) is 0 Å². The molecule has 0 fully saturated rings. The molecule has 17 heavy (non-hydrogen) atoms. The molecule has 0 radical (unpaired) electrons. The van der Waals surface area contributed by atoms with E-state index >= 15 is 0 Å². The van der Waals surface area contributed by atoms with E-state index in [-0.39, 0.29) is 0 Å². The molecule has 0 atom stereocenters. The number of nitrogens with two attached hydrogens (primary N) is 1. The summed E-state index contributed by atoms with van der Waals surface area (Å²) >= 11 is 1.68. The van der Waals surface area contributed by atoms with Gasteiger partial charge in [0.1, 0.15) is 5.82 Å². The lowest BCUT2D eigenvalue weighted by molar-refractivity contribution is 1.13. The van der Waals surface area contributed by atoms with Crippen LogP contribution in [0.5, 0.6) is 0 Å². The van der Waals surface area contributed by atoms with E-state index in [2.05, 4.69) is 34.1 Å². The van der Waals surface area contributed by atoms with E-state index in [1.807, 2.05) is 26.2 Å². The lowest BCUT2D eigenvalue weighted by Gasteiger charge is -2.12. The highest BCUT2D eigenvalue weighted by atomic mass is 32.2. The van der Waals surface area contributed by atoms with Gasteiger partial charge in [-0.1, -0.05) is 11.8 Å². The largest absolute Gasteiger partial charge is 0.384 e. The average molecular weight is 245 g/mol. The van der Waals surface area contributed by atoms with Gasteiger partial charge in [0.2, 0.25) is 0 Å². The van der Waals surface area contributed by atoms with Crippen molar-refractivity contribution in [1.29, 1.82) is 0 Å². The number of hydrogen-bond donors (Lipinski definition) is 1. The van der Waals surface area contributed by atoms with Crippen LogP contribution in [0.1, 0.15) is 0 Å². The molecule has 3 nitrogen and oxygen atoms in total. The summed E-state index contributed by atoms with van der Waals surface area (Å²) in [7, 11) is 4.07. The maximum atomic E-state index is 5.55. The third kappa shape index (κ3) is 3.14. The molecular formula is C13H15N3S. The number of anilines is 2. The van der Waals surface area contributed by atoms with Crippen molar-refractivity contribution in [1.82, 2.24) is 4.98 Å². The Morgan fingerprint density at radius 3 is 2.18 bits per heavy atom. The van der Waals surface area contributed by atoms with Gasteiger partial charge >= 0.3 is 0 Å². The van der Waals surface area contributed by atoms with Crippen LogP contribution in [-0.2, 0) is 0 Å². The van der Waals surface area contributed by atoms with Crippen molar-refractivity contribution in [2.45, 2.75) is 9.79 Å². The summed E-state index contributed by atoms with van der Waals surface area (Å²) in [5.74, 6) is 0.553. The maximum Gasteiger partial charge on any atom is 0.123 e. The standard InChI is InChI=1S/C13H15N3S/c1-16(2)10-3-5-11(6-4-10)17-12-7-8-13(14)15-9-12/h3-9H,1-2H3,(H2,14,15). The van der Waals surface area contributed by atoms with E-state index in [0.717, 1.165) is 4.90 Å². The Balaban J connectivity index is 2.11. The van der Waals surface area contributed by atoms with Gasteiger partial charge in [-0.3, -0.25) is 0 Å². The first-order chi connectivity index (χ1) is 8.15. The molecule has 0 bridgehead atoms. The fraction of sp³-hybridized carbons (Fsp3) is 0.154. The summed E-state index contributed by atoms with van der Waals surface area (Å²) in [5.41, 5.74) is 6.75. The van der Waals surface area contributed by atoms with E-state index in [4.69, 9.17) is 5.73 Å². The third-order valence-electron chi connectivity index (χ3n) is 2.35. The number of benzene rings is 1. The highest BCUT2D eigenvalue weighted by molar-refractivity contribution is 7.99. The zero-order valence-electron chi connectivity index (χ0n) is 9.92. The van der Waals surface area contributed by atoms with Crippen molar-refractivity contribution in [2.24, 2.45) is 0 Å². The molecule has 0 aliphatic carbocycles. The summed E-state index contributed by atoms with van der Waals surface area (Å²) in [6.45, 7) is 0.